The fourth-order valence-corrected chi connectivity index (χ4v) is 6.62. The van der Waals surface area contributed by atoms with Crippen molar-refractivity contribution in [1.29, 1.82) is 0 Å². The number of carboxylic acid groups (broad SMARTS) is 1. The van der Waals surface area contributed by atoms with Crippen molar-refractivity contribution in [3.05, 3.63) is 34.9 Å². The lowest BCUT2D eigenvalue weighted by atomic mass is 10.0. The van der Waals surface area contributed by atoms with Crippen molar-refractivity contribution in [2.45, 2.75) is 67.8 Å². The SMILES string of the molecule is C/C(=N\N=C1\NC(=O)C(CC(O)NC(C)[C@@H]2SC(C)(C)C(C(=O)O)N2C=O)S1)c1ccc(Cl)cc1. The fourth-order valence-electron chi connectivity index (χ4n) is 3.98. The molecule has 0 bridgehead atoms. The van der Waals surface area contributed by atoms with E-state index in [4.69, 9.17) is 11.6 Å². The van der Waals surface area contributed by atoms with Gasteiger partial charge in [0.25, 0.3) is 0 Å². The summed E-state index contributed by atoms with van der Waals surface area (Å²) in [5.74, 6) is -1.37. The van der Waals surface area contributed by atoms with Crippen LogP contribution in [0.5, 0.6) is 0 Å². The first kappa shape index (κ1) is 27.5. The van der Waals surface area contributed by atoms with Gasteiger partial charge in [0.05, 0.1) is 16.3 Å². The third-order valence-electron chi connectivity index (χ3n) is 5.68. The molecule has 2 aliphatic rings. The van der Waals surface area contributed by atoms with Crippen LogP contribution in [0, 0.1) is 0 Å². The molecule has 190 valence electrons. The Hall–Kier alpha value is -2.12. The Morgan fingerprint density at radius 2 is 2.03 bits per heavy atom. The minimum atomic E-state index is -1.08. The number of hydrogen-bond acceptors (Lipinski definition) is 9. The zero-order chi connectivity index (χ0) is 25.9. The van der Waals surface area contributed by atoms with Gasteiger partial charge in [-0.15, -0.1) is 16.9 Å². The van der Waals surface area contributed by atoms with Crippen LogP contribution in [0.25, 0.3) is 0 Å². The van der Waals surface area contributed by atoms with Crippen molar-refractivity contribution >= 4 is 64.3 Å². The third kappa shape index (κ3) is 6.56. The van der Waals surface area contributed by atoms with E-state index in [2.05, 4.69) is 20.8 Å². The van der Waals surface area contributed by atoms with Crippen molar-refractivity contribution < 1.29 is 24.6 Å². The lowest BCUT2D eigenvalue weighted by molar-refractivity contribution is -0.147. The molecule has 4 N–H and O–H groups in total. The normalized spacial score (nSPS) is 27.1. The van der Waals surface area contributed by atoms with Gasteiger partial charge in [0.2, 0.25) is 12.3 Å². The summed E-state index contributed by atoms with van der Waals surface area (Å²) in [6.07, 6.45) is -0.442. The zero-order valence-electron chi connectivity index (χ0n) is 19.6. The number of rotatable bonds is 9. The standard InChI is InChI=1S/C22H28ClN5O5S2/c1-11(13-5-7-14(23)8-6-13)26-27-21-25-18(31)15(34-21)9-16(30)24-12(2)19-28(10-29)17(20(32)33)22(3,4)35-19/h5-8,10,12,15-17,19,24,30H,9H2,1-4H3,(H,32,33)(H,25,27,31)/b26-11+/t12?,15?,16?,17?,19-/m0/s1. The summed E-state index contributed by atoms with van der Waals surface area (Å²) in [4.78, 5) is 37.0. The van der Waals surface area contributed by atoms with E-state index >= 15 is 0 Å². The molecule has 1 aromatic carbocycles. The molecular weight excluding hydrogens is 514 g/mol. The molecular formula is C22H28ClN5O5S2. The number of nitrogens with one attached hydrogen (secondary N) is 2. The summed E-state index contributed by atoms with van der Waals surface area (Å²) in [5.41, 5.74) is 1.50. The maximum absolute atomic E-state index is 12.4. The second-order valence-electron chi connectivity index (χ2n) is 8.81. The molecule has 3 rings (SSSR count). The van der Waals surface area contributed by atoms with E-state index in [1.54, 1.807) is 39.8 Å². The number of amides is 2. The van der Waals surface area contributed by atoms with E-state index in [0.29, 0.717) is 22.3 Å². The first-order valence-electron chi connectivity index (χ1n) is 10.9. The zero-order valence-corrected chi connectivity index (χ0v) is 22.0. The Bertz CT molecular complexity index is 1040. The molecule has 0 aromatic heterocycles. The summed E-state index contributed by atoms with van der Waals surface area (Å²) in [6.45, 7) is 7.10. The molecule has 2 aliphatic heterocycles. The van der Waals surface area contributed by atoms with Gasteiger partial charge in [-0.2, -0.15) is 5.10 Å². The monoisotopic (exact) mass is 541 g/mol. The van der Waals surface area contributed by atoms with Crippen LogP contribution in [0.1, 0.15) is 39.7 Å². The molecule has 1 aromatic rings. The number of aliphatic hydroxyl groups is 1. The topological polar surface area (TPSA) is 144 Å². The lowest BCUT2D eigenvalue weighted by Crippen LogP contribution is -2.52. The predicted molar refractivity (Wildman–Crippen MR) is 139 cm³/mol. The average Bonchev–Trinajstić information content (AvgIpc) is 3.27. The van der Waals surface area contributed by atoms with Crippen molar-refractivity contribution in [3.63, 3.8) is 0 Å². The highest BCUT2D eigenvalue weighted by atomic mass is 35.5. The lowest BCUT2D eigenvalue weighted by Gasteiger charge is -2.30. The number of nitrogens with zero attached hydrogens (tertiary/aromatic N) is 3. The first-order valence-corrected chi connectivity index (χ1v) is 13.0. The number of aliphatic carboxylic acids is 1. The summed E-state index contributed by atoms with van der Waals surface area (Å²) in [7, 11) is 0. The van der Waals surface area contributed by atoms with E-state index in [9.17, 15) is 24.6 Å². The highest BCUT2D eigenvalue weighted by Gasteiger charge is 2.52. The molecule has 0 spiro atoms. The third-order valence-corrected chi connectivity index (χ3v) is 8.75. The van der Waals surface area contributed by atoms with Gasteiger partial charge in [-0.05, 0) is 45.4 Å². The second kappa shape index (κ2) is 11.3. The molecule has 2 fully saturated rings. The van der Waals surface area contributed by atoms with Crippen LogP contribution in [0.4, 0.5) is 0 Å². The van der Waals surface area contributed by atoms with Crippen LogP contribution in [0.2, 0.25) is 5.02 Å². The molecule has 2 saturated heterocycles. The average molecular weight is 542 g/mol. The van der Waals surface area contributed by atoms with Gasteiger partial charge in [-0.3, -0.25) is 14.9 Å². The highest BCUT2D eigenvalue weighted by molar-refractivity contribution is 8.15. The molecule has 13 heteroatoms. The second-order valence-corrected chi connectivity index (χ2v) is 12.2. The van der Waals surface area contributed by atoms with Gasteiger partial charge < -0.3 is 20.4 Å². The number of hydrogen-bond donors (Lipinski definition) is 4. The van der Waals surface area contributed by atoms with Gasteiger partial charge in [0.15, 0.2) is 5.17 Å². The quantitative estimate of drug-likeness (QED) is 0.161. The van der Waals surface area contributed by atoms with E-state index in [0.717, 1.165) is 5.56 Å². The Morgan fingerprint density at radius 3 is 2.63 bits per heavy atom. The first-order chi connectivity index (χ1) is 16.4. The molecule has 0 aliphatic carbocycles. The fraction of sp³-hybridized carbons (Fsp3) is 0.500. The molecule has 10 nitrogen and oxygen atoms in total. The van der Waals surface area contributed by atoms with Gasteiger partial charge in [0.1, 0.15) is 12.3 Å². The summed E-state index contributed by atoms with van der Waals surface area (Å²) >= 11 is 8.42. The number of carbonyl (C=O) groups excluding carboxylic acids is 2. The number of benzene rings is 1. The molecule has 35 heavy (non-hydrogen) atoms. The van der Waals surface area contributed by atoms with Crippen LogP contribution in [-0.2, 0) is 14.4 Å². The van der Waals surface area contributed by atoms with E-state index in [-0.39, 0.29) is 12.3 Å². The van der Waals surface area contributed by atoms with Crippen molar-refractivity contribution in [3.8, 4) is 0 Å². The van der Waals surface area contributed by atoms with Crippen LogP contribution in [0.15, 0.2) is 34.5 Å². The summed E-state index contributed by atoms with van der Waals surface area (Å²) < 4.78 is -0.699. The highest BCUT2D eigenvalue weighted by Crippen LogP contribution is 2.45. The Labute approximate surface area is 217 Å². The molecule has 2 heterocycles. The Morgan fingerprint density at radius 1 is 1.37 bits per heavy atom. The number of carbonyl (C=O) groups is 3. The number of carboxylic acids is 1. The minimum Gasteiger partial charge on any atom is -0.480 e. The predicted octanol–water partition coefficient (Wildman–Crippen LogP) is 2.10. The van der Waals surface area contributed by atoms with E-state index in [1.165, 1.54) is 28.4 Å². The number of thioether (sulfide) groups is 2. The number of amidine groups is 1. The molecule has 0 saturated carbocycles. The van der Waals surface area contributed by atoms with Crippen LogP contribution in [-0.4, -0.2) is 78.0 Å². The summed E-state index contributed by atoms with van der Waals surface area (Å²) in [5, 5.41) is 34.0. The Balaban J connectivity index is 1.58. The number of halogens is 1. The van der Waals surface area contributed by atoms with Gasteiger partial charge in [0, 0.05) is 22.2 Å². The smallest absolute Gasteiger partial charge is 0.327 e. The van der Waals surface area contributed by atoms with Gasteiger partial charge >= 0.3 is 5.97 Å². The van der Waals surface area contributed by atoms with Crippen molar-refractivity contribution in [2.75, 3.05) is 0 Å². The van der Waals surface area contributed by atoms with E-state index in [1.807, 2.05) is 12.1 Å². The van der Waals surface area contributed by atoms with Crippen LogP contribution < -0.4 is 10.6 Å². The van der Waals surface area contributed by atoms with Crippen molar-refractivity contribution in [1.82, 2.24) is 15.5 Å². The van der Waals surface area contributed by atoms with E-state index < -0.39 is 39.7 Å². The van der Waals surface area contributed by atoms with Gasteiger partial charge in [-0.25, -0.2) is 4.79 Å². The molecule has 2 amide bonds. The largest absolute Gasteiger partial charge is 0.480 e. The van der Waals surface area contributed by atoms with Gasteiger partial charge in [-0.1, -0.05) is 35.5 Å². The van der Waals surface area contributed by atoms with Crippen molar-refractivity contribution in [2.24, 2.45) is 10.2 Å². The summed E-state index contributed by atoms with van der Waals surface area (Å²) in [6, 6.07) is 5.73. The maximum Gasteiger partial charge on any atom is 0.327 e. The number of aliphatic hydroxyl groups excluding tert-OH is 1. The molecule has 0 radical (unpaired) electrons. The maximum atomic E-state index is 12.4. The minimum absolute atomic E-state index is 0.0873. The molecule has 4 unspecified atom stereocenters. The Kier molecular flexibility index (Phi) is 8.86. The molecule has 5 atom stereocenters. The van der Waals surface area contributed by atoms with Crippen LogP contribution in [0.3, 0.4) is 0 Å². The van der Waals surface area contributed by atoms with Crippen LogP contribution >= 0.6 is 35.1 Å².